The van der Waals surface area contributed by atoms with Crippen molar-refractivity contribution >= 4 is 0 Å². The average Bonchev–Trinajstić information content (AvgIpc) is 2.28. The largest absolute Gasteiger partial charge is 0.327 e. The normalized spacial score (nSPS) is 33.0. The Morgan fingerprint density at radius 2 is 1.77 bits per heavy atom. The highest BCUT2D eigenvalue weighted by molar-refractivity contribution is 4.78. The third kappa shape index (κ3) is 3.30. The zero-order valence-electron chi connectivity index (χ0n) is 9.42. The van der Waals surface area contributed by atoms with Crippen LogP contribution in [0.2, 0.25) is 0 Å². The first-order chi connectivity index (χ1) is 6.11. The molecule has 3 unspecified atom stereocenters. The van der Waals surface area contributed by atoms with Gasteiger partial charge >= 0.3 is 0 Å². The lowest BCUT2D eigenvalue weighted by molar-refractivity contribution is 0.307. The Labute approximate surface area is 83.1 Å². The summed E-state index contributed by atoms with van der Waals surface area (Å²) in [7, 11) is 0. The average molecular weight is 183 g/mol. The van der Waals surface area contributed by atoms with E-state index >= 15 is 0 Å². The lowest BCUT2D eigenvalue weighted by atomic mass is 9.86. The Balaban J connectivity index is 2.41. The van der Waals surface area contributed by atoms with Gasteiger partial charge in [-0.05, 0) is 30.6 Å². The summed E-state index contributed by atoms with van der Waals surface area (Å²) >= 11 is 0. The van der Waals surface area contributed by atoms with Crippen molar-refractivity contribution in [3.05, 3.63) is 0 Å². The lowest BCUT2D eigenvalue weighted by Crippen LogP contribution is -2.34. The van der Waals surface area contributed by atoms with E-state index in [2.05, 4.69) is 20.8 Å². The predicted octanol–water partition coefficient (Wildman–Crippen LogP) is 3.19. The van der Waals surface area contributed by atoms with Crippen molar-refractivity contribution in [2.24, 2.45) is 23.5 Å². The molecule has 0 aromatic rings. The fourth-order valence-electron chi connectivity index (χ4n) is 2.45. The van der Waals surface area contributed by atoms with Crippen molar-refractivity contribution in [1.29, 1.82) is 0 Å². The summed E-state index contributed by atoms with van der Waals surface area (Å²) in [5.41, 5.74) is 6.21. The second-order valence-corrected chi connectivity index (χ2v) is 5.19. The van der Waals surface area contributed by atoms with E-state index in [0.29, 0.717) is 12.0 Å². The van der Waals surface area contributed by atoms with E-state index in [4.69, 9.17) is 5.73 Å². The van der Waals surface area contributed by atoms with Crippen LogP contribution in [0.4, 0.5) is 0 Å². The highest BCUT2D eigenvalue weighted by Crippen LogP contribution is 2.30. The summed E-state index contributed by atoms with van der Waals surface area (Å²) in [6, 6.07) is 0.435. The highest BCUT2D eigenvalue weighted by Gasteiger charge is 2.23. The van der Waals surface area contributed by atoms with E-state index in [9.17, 15) is 0 Å². The number of nitrogens with two attached hydrogens (primary N) is 1. The Kier molecular flexibility index (Phi) is 4.24. The molecular formula is C12H25N. The Morgan fingerprint density at radius 3 is 2.38 bits per heavy atom. The monoisotopic (exact) mass is 183 g/mol. The van der Waals surface area contributed by atoms with Gasteiger partial charge in [0, 0.05) is 6.04 Å². The second-order valence-electron chi connectivity index (χ2n) is 5.19. The second kappa shape index (κ2) is 4.99. The van der Waals surface area contributed by atoms with Gasteiger partial charge in [-0.15, -0.1) is 0 Å². The standard InChI is InChI=1S/C12H25N/c1-9(2)12(13)11-6-4-5-10(3)7-8-11/h9-12H,4-8,13H2,1-3H3. The predicted molar refractivity (Wildman–Crippen MR) is 58.6 cm³/mol. The van der Waals surface area contributed by atoms with Crippen molar-refractivity contribution in [2.75, 3.05) is 0 Å². The van der Waals surface area contributed by atoms with E-state index < -0.39 is 0 Å². The third-order valence-electron chi connectivity index (χ3n) is 3.62. The van der Waals surface area contributed by atoms with Crippen LogP contribution in [0.5, 0.6) is 0 Å². The van der Waals surface area contributed by atoms with Crippen LogP contribution in [0.15, 0.2) is 0 Å². The molecule has 3 atom stereocenters. The van der Waals surface area contributed by atoms with E-state index in [1.165, 1.54) is 32.1 Å². The molecule has 1 heteroatoms. The molecule has 1 nitrogen and oxygen atoms in total. The van der Waals surface area contributed by atoms with Gasteiger partial charge in [-0.25, -0.2) is 0 Å². The molecule has 0 aromatic carbocycles. The molecule has 0 saturated heterocycles. The summed E-state index contributed by atoms with van der Waals surface area (Å²) in [5, 5.41) is 0. The van der Waals surface area contributed by atoms with Gasteiger partial charge < -0.3 is 5.73 Å². The molecule has 0 aliphatic heterocycles. The van der Waals surface area contributed by atoms with Crippen LogP contribution >= 0.6 is 0 Å². The van der Waals surface area contributed by atoms with Crippen molar-refractivity contribution < 1.29 is 0 Å². The van der Waals surface area contributed by atoms with Crippen molar-refractivity contribution in [2.45, 2.75) is 58.9 Å². The van der Waals surface area contributed by atoms with Crippen LogP contribution < -0.4 is 5.73 Å². The van der Waals surface area contributed by atoms with Gasteiger partial charge in [-0.3, -0.25) is 0 Å². The minimum atomic E-state index is 0.435. The van der Waals surface area contributed by atoms with Crippen LogP contribution in [0, 0.1) is 17.8 Å². The zero-order valence-corrected chi connectivity index (χ0v) is 9.42. The van der Waals surface area contributed by atoms with E-state index in [0.717, 1.165) is 11.8 Å². The summed E-state index contributed by atoms with van der Waals surface area (Å²) in [4.78, 5) is 0. The minimum absolute atomic E-state index is 0.435. The van der Waals surface area contributed by atoms with Crippen LogP contribution in [-0.2, 0) is 0 Å². The van der Waals surface area contributed by atoms with Gasteiger partial charge in [-0.1, -0.05) is 40.0 Å². The van der Waals surface area contributed by atoms with Gasteiger partial charge in [0.1, 0.15) is 0 Å². The Hall–Kier alpha value is -0.0400. The molecule has 0 radical (unpaired) electrons. The molecule has 2 N–H and O–H groups in total. The van der Waals surface area contributed by atoms with Crippen LogP contribution in [0.25, 0.3) is 0 Å². The number of rotatable bonds is 2. The third-order valence-corrected chi connectivity index (χ3v) is 3.62. The molecule has 1 fully saturated rings. The lowest BCUT2D eigenvalue weighted by Gasteiger charge is -2.25. The smallest absolute Gasteiger partial charge is 0.00903 e. The van der Waals surface area contributed by atoms with Crippen molar-refractivity contribution in [1.82, 2.24) is 0 Å². The topological polar surface area (TPSA) is 26.0 Å². The molecule has 1 aliphatic carbocycles. The molecule has 0 bridgehead atoms. The summed E-state index contributed by atoms with van der Waals surface area (Å²) < 4.78 is 0. The highest BCUT2D eigenvalue weighted by atomic mass is 14.7. The fourth-order valence-corrected chi connectivity index (χ4v) is 2.45. The molecular weight excluding hydrogens is 158 g/mol. The summed E-state index contributed by atoms with van der Waals surface area (Å²) in [5.74, 6) is 2.38. The van der Waals surface area contributed by atoms with Gasteiger partial charge in [0.2, 0.25) is 0 Å². The molecule has 0 spiro atoms. The maximum atomic E-state index is 6.21. The van der Waals surface area contributed by atoms with E-state index in [1.807, 2.05) is 0 Å². The molecule has 0 aromatic heterocycles. The van der Waals surface area contributed by atoms with Gasteiger partial charge in [-0.2, -0.15) is 0 Å². The van der Waals surface area contributed by atoms with Gasteiger partial charge in [0.05, 0.1) is 0 Å². The van der Waals surface area contributed by atoms with Crippen molar-refractivity contribution in [3.8, 4) is 0 Å². The summed E-state index contributed by atoms with van der Waals surface area (Å²) in [6.45, 7) is 6.88. The molecule has 1 saturated carbocycles. The zero-order chi connectivity index (χ0) is 9.84. The molecule has 78 valence electrons. The fraction of sp³-hybridized carbons (Fsp3) is 1.00. The van der Waals surface area contributed by atoms with E-state index in [1.54, 1.807) is 0 Å². The Morgan fingerprint density at radius 1 is 1.08 bits per heavy atom. The maximum absolute atomic E-state index is 6.21. The minimum Gasteiger partial charge on any atom is -0.327 e. The Bertz CT molecular complexity index is 142. The quantitative estimate of drug-likeness (QED) is 0.654. The van der Waals surface area contributed by atoms with Gasteiger partial charge in [0.15, 0.2) is 0 Å². The van der Waals surface area contributed by atoms with Crippen molar-refractivity contribution in [3.63, 3.8) is 0 Å². The molecule has 13 heavy (non-hydrogen) atoms. The van der Waals surface area contributed by atoms with Crippen LogP contribution in [0.1, 0.15) is 52.9 Å². The number of hydrogen-bond acceptors (Lipinski definition) is 1. The molecule has 0 heterocycles. The molecule has 1 rings (SSSR count). The first kappa shape index (κ1) is 11.0. The summed E-state index contributed by atoms with van der Waals surface area (Å²) in [6.07, 6.45) is 6.93. The molecule has 0 amide bonds. The first-order valence-electron chi connectivity index (χ1n) is 5.87. The maximum Gasteiger partial charge on any atom is 0.00903 e. The first-order valence-corrected chi connectivity index (χ1v) is 5.87. The van der Waals surface area contributed by atoms with Crippen LogP contribution in [-0.4, -0.2) is 6.04 Å². The molecule has 1 aliphatic rings. The van der Waals surface area contributed by atoms with Crippen LogP contribution in [0.3, 0.4) is 0 Å². The van der Waals surface area contributed by atoms with E-state index in [-0.39, 0.29) is 0 Å². The van der Waals surface area contributed by atoms with Gasteiger partial charge in [0.25, 0.3) is 0 Å². The number of hydrogen-bond donors (Lipinski definition) is 1. The SMILES string of the molecule is CC1CCCC(C(N)C(C)C)CC1.